The van der Waals surface area contributed by atoms with E-state index in [-0.39, 0.29) is 57.8 Å². The van der Waals surface area contributed by atoms with Gasteiger partial charge in [0.1, 0.15) is 5.78 Å². The van der Waals surface area contributed by atoms with E-state index in [9.17, 15) is 19.8 Å². The molecule has 0 amide bonds. The maximum absolute atomic E-state index is 12.9. The van der Waals surface area contributed by atoms with Gasteiger partial charge in [-0.05, 0) is 85.9 Å². The molecule has 0 aliphatic heterocycles. The van der Waals surface area contributed by atoms with Gasteiger partial charge in [-0.25, -0.2) is 0 Å². The molecule has 5 heteroatoms. The van der Waals surface area contributed by atoms with Crippen LogP contribution in [-0.2, 0) is 9.59 Å². The molecular formula is C31H47NaO4. The van der Waals surface area contributed by atoms with Crippen molar-refractivity contribution >= 4 is 11.8 Å². The van der Waals surface area contributed by atoms with E-state index in [2.05, 4.69) is 54.5 Å². The molecule has 5 aliphatic carbocycles. The number of ketones is 1. The smallest absolute Gasteiger partial charge is 0.550 e. The zero-order chi connectivity index (χ0) is 25.9. The van der Waals surface area contributed by atoms with Gasteiger partial charge in [-0.2, -0.15) is 0 Å². The third kappa shape index (κ3) is 3.26. The molecule has 0 aromatic rings. The van der Waals surface area contributed by atoms with E-state index >= 15 is 0 Å². The first-order valence-corrected chi connectivity index (χ1v) is 14.1. The summed E-state index contributed by atoms with van der Waals surface area (Å²) in [5, 5.41) is 24.2. The van der Waals surface area contributed by atoms with Crippen LogP contribution in [0, 0.1) is 49.7 Å². The molecule has 4 fully saturated rings. The average molecular weight is 507 g/mol. The standard InChI is InChI=1S/C31H48O4.Na/c1-25(2)14-15-30(24(34)35)16-17-31(19-32)22(29(30,7)18-25)9-8-21-27(5)12-11-23(33)26(3,4)20(27)10-13-28(21,31)6;/h9,20-21,32H,8,10-19H2,1-7H3,(H,34,35);/q;+1/p-1/t20-,21+,27-,28+,29-,30+,31-;/m0./s1. The number of fused-ring (bicyclic) bond motifs is 7. The number of carbonyl (C=O) groups is 2. The number of allylic oxidation sites excluding steroid dienone is 1. The molecule has 5 rings (SSSR count). The van der Waals surface area contributed by atoms with Crippen LogP contribution in [-0.4, -0.2) is 23.5 Å². The molecule has 0 bridgehead atoms. The number of carboxylic acids is 1. The second-order valence-electron chi connectivity index (χ2n) is 15.3. The predicted molar refractivity (Wildman–Crippen MR) is 135 cm³/mol. The number of hydrogen-bond donors (Lipinski definition) is 1. The molecule has 0 unspecified atom stereocenters. The maximum atomic E-state index is 12.9. The van der Waals surface area contributed by atoms with Gasteiger partial charge in [-0.3, -0.25) is 4.79 Å². The van der Waals surface area contributed by atoms with Gasteiger partial charge in [-0.15, -0.1) is 0 Å². The van der Waals surface area contributed by atoms with Crippen molar-refractivity contribution in [3.05, 3.63) is 11.6 Å². The first kappa shape index (κ1) is 28.8. The monoisotopic (exact) mass is 506 g/mol. The number of carbonyl (C=O) groups excluding carboxylic acids is 2. The van der Waals surface area contributed by atoms with Gasteiger partial charge in [0, 0.05) is 34.1 Å². The molecular weight excluding hydrogens is 459 g/mol. The van der Waals surface area contributed by atoms with Gasteiger partial charge in [0.2, 0.25) is 0 Å². The Morgan fingerprint density at radius 3 is 2.22 bits per heavy atom. The van der Waals surface area contributed by atoms with E-state index < -0.39 is 22.2 Å². The number of Topliss-reactive ketones (excluding diaryl/α,β-unsaturated/α-hetero) is 1. The molecule has 36 heavy (non-hydrogen) atoms. The minimum Gasteiger partial charge on any atom is -0.550 e. The Morgan fingerprint density at radius 1 is 0.972 bits per heavy atom. The summed E-state index contributed by atoms with van der Waals surface area (Å²) in [6.45, 7) is 16.0. The number of aliphatic carboxylic acids is 1. The zero-order valence-corrected chi connectivity index (χ0v) is 26.2. The summed E-state index contributed by atoms with van der Waals surface area (Å²) < 4.78 is 0. The van der Waals surface area contributed by atoms with Crippen LogP contribution in [0.25, 0.3) is 0 Å². The largest absolute Gasteiger partial charge is 1.00 e. The Bertz CT molecular complexity index is 999. The maximum Gasteiger partial charge on any atom is 1.00 e. The van der Waals surface area contributed by atoms with Crippen molar-refractivity contribution in [3.8, 4) is 0 Å². The third-order valence-corrected chi connectivity index (χ3v) is 13.3. The number of aliphatic hydroxyl groups excluding tert-OH is 1. The van der Waals surface area contributed by atoms with Crippen molar-refractivity contribution in [2.75, 3.05) is 6.61 Å². The van der Waals surface area contributed by atoms with E-state index in [0.717, 1.165) is 44.9 Å². The second kappa shape index (κ2) is 8.42. The summed E-state index contributed by atoms with van der Waals surface area (Å²) in [5.74, 6) is 0.252. The van der Waals surface area contributed by atoms with Gasteiger partial charge >= 0.3 is 29.6 Å². The van der Waals surface area contributed by atoms with Crippen molar-refractivity contribution in [1.29, 1.82) is 0 Å². The second-order valence-corrected chi connectivity index (χ2v) is 15.3. The summed E-state index contributed by atoms with van der Waals surface area (Å²) in [4.78, 5) is 25.8. The van der Waals surface area contributed by atoms with Crippen LogP contribution in [0.2, 0.25) is 0 Å². The summed E-state index contributed by atoms with van der Waals surface area (Å²) in [6.07, 6.45) is 10.6. The first-order chi connectivity index (χ1) is 16.1. The summed E-state index contributed by atoms with van der Waals surface area (Å²) in [7, 11) is 0. The topological polar surface area (TPSA) is 77.4 Å². The van der Waals surface area contributed by atoms with Crippen LogP contribution in [0.1, 0.15) is 113 Å². The van der Waals surface area contributed by atoms with Gasteiger partial charge in [0.15, 0.2) is 0 Å². The van der Waals surface area contributed by atoms with Crippen molar-refractivity contribution in [2.24, 2.45) is 49.7 Å². The molecule has 0 radical (unpaired) electrons. The zero-order valence-electron chi connectivity index (χ0n) is 24.2. The number of hydrogen-bond acceptors (Lipinski definition) is 4. The minimum atomic E-state index is -0.890. The molecule has 0 saturated heterocycles. The van der Waals surface area contributed by atoms with Gasteiger partial charge in [0.25, 0.3) is 0 Å². The molecule has 5 aliphatic rings. The van der Waals surface area contributed by atoms with Gasteiger partial charge < -0.3 is 15.0 Å². The van der Waals surface area contributed by atoms with Crippen LogP contribution < -0.4 is 34.7 Å². The van der Waals surface area contributed by atoms with Gasteiger partial charge in [-0.1, -0.05) is 60.1 Å². The van der Waals surface area contributed by atoms with Gasteiger partial charge in [0.05, 0.1) is 6.61 Å². The average Bonchev–Trinajstić information content (AvgIpc) is 2.75. The number of rotatable bonds is 2. The van der Waals surface area contributed by atoms with Crippen molar-refractivity contribution in [3.63, 3.8) is 0 Å². The molecule has 196 valence electrons. The Labute approximate surface area is 240 Å². The summed E-state index contributed by atoms with van der Waals surface area (Å²) in [6, 6.07) is 0. The van der Waals surface area contributed by atoms with Crippen LogP contribution in [0.4, 0.5) is 0 Å². The number of carboxylic acid groups (broad SMARTS) is 1. The fourth-order valence-corrected chi connectivity index (χ4v) is 11.4. The van der Waals surface area contributed by atoms with E-state index in [0.29, 0.717) is 36.9 Å². The quantitative estimate of drug-likeness (QED) is 0.461. The Balaban J connectivity index is 0.00000304. The fraction of sp³-hybridized carbons (Fsp3) is 0.871. The minimum absolute atomic E-state index is 0. The fourth-order valence-electron chi connectivity index (χ4n) is 11.4. The van der Waals surface area contributed by atoms with E-state index in [1.807, 2.05) is 0 Å². The molecule has 4 saturated carbocycles. The molecule has 0 aromatic carbocycles. The SMILES string of the molecule is CC1(C)CC[C@]2(C(=O)[O-])CC[C@]3(CO)C(=CC[C@@H]4[C@@]5(C)CCC(=O)C(C)(C)[C@@H]5CC[C@]43C)[C@]2(C)C1.[Na+]. The molecule has 4 nitrogen and oxygen atoms in total. The van der Waals surface area contributed by atoms with Crippen molar-refractivity contribution < 1.29 is 49.4 Å². The molecule has 0 aromatic heterocycles. The molecule has 7 atom stereocenters. The molecule has 1 N–H and O–H groups in total. The molecule has 0 heterocycles. The predicted octanol–water partition coefficient (Wildman–Crippen LogP) is 2.47. The third-order valence-electron chi connectivity index (χ3n) is 13.3. The Kier molecular flexibility index (Phi) is 6.74. The summed E-state index contributed by atoms with van der Waals surface area (Å²) >= 11 is 0. The van der Waals surface area contributed by atoms with Crippen LogP contribution >= 0.6 is 0 Å². The normalized spacial score (nSPS) is 48.8. The van der Waals surface area contributed by atoms with Crippen molar-refractivity contribution in [2.45, 2.75) is 113 Å². The van der Waals surface area contributed by atoms with E-state index in [1.54, 1.807) is 0 Å². The summed E-state index contributed by atoms with van der Waals surface area (Å²) in [5.41, 5.74) is -0.860. The van der Waals surface area contributed by atoms with Crippen LogP contribution in [0.5, 0.6) is 0 Å². The Hall–Kier alpha value is -0.160. The number of aliphatic hydroxyl groups is 1. The van der Waals surface area contributed by atoms with Crippen molar-refractivity contribution in [1.82, 2.24) is 0 Å². The Morgan fingerprint density at radius 2 is 1.61 bits per heavy atom. The van der Waals surface area contributed by atoms with Crippen LogP contribution in [0.15, 0.2) is 11.6 Å². The van der Waals surface area contributed by atoms with Crippen LogP contribution in [0.3, 0.4) is 0 Å². The molecule has 0 spiro atoms. The van der Waals surface area contributed by atoms with E-state index in [4.69, 9.17) is 0 Å². The first-order valence-electron chi connectivity index (χ1n) is 14.1. The van der Waals surface area contributed by atoms with E-state index in [1.165, 1.54) is 5.57 Å².